The Bertz CT molecular complexity index is 400. The molecule has 0 radical (unpaired) electrons. The van der Waals surface area contributed by atoms with Crippen molar-refractivity contribution in [3.05, 3.63) is 0 Å². The minimum Gasteiger partial charge on any atom is -0.447 e. The number of hydrogen-bond donors (Lipinski definition) is 0. The average Bonchev–Trinajstić information content (AvgIpc) is 2.70. The molecule has 2 aliphatic rings. The third kappa shape index (κ3) is 2.37. The van der Waals surface area contributed by atoms with E-state index in [0.717, 1.165) is 4.43 Å². The summed E-state index contributed by atoms with van der Waals surface area (Å²) < 4.78 is 11.5. The lowest BCUT2D eigenvalue weighted by molar-refractivity contribution is -0.230. The van der Waals surface area contributed by atoms with Crippen molar-refractivity contribution in [3.63, 3.8) is 0 Å². The van der Waals surface area contributed by atoms with Crippen LogP contribution in [-0.2, 0) is 14.3 Å². The number of halogens is 1. The van der Waals surface area contributed by atoms with E-state index in [1.54, 1.807) is 0 Å². The molecule has 19 heavy (non-hydrogen) atoms. The smallest absolute Gasteiger partial charge is 0.416 e. The second kappa shape index (κ2) is 5.20. The van der Waals surface area contributed by atoms with Gasteiger partial charge in [0.1, 0.15) is 6.61 Å². The summed E-state index contributed by atoms with van der Waals surface area (Å²) in [6.45, 7) is 8.08. The molecule has 0 aliphatic carbocycles. The van der Waals surface area contributed by atoms with Crippen LogP contribution in [-0.4, -0.2) is 45.7 Å². The van der Waals surface area contributed by atoms with Crippen LogP contribution in [0, 0.1) is 11.8 Å². The van der Waals surface area contributed by atoms with Crippen molar-refractivity contribution in [3.8, 4) is 0 Å². The van der Waals surface area contributed by atoms with Crippen LogP contribution < -0.4 is 0 Å². The van der Waals surface area contributed by atoms with Crippen molar-refractivity contribution in [2.45, 2.75) is 45.4 Å². The van der Waals surface area contributed by atoms with E-state index in [-0.39, 0.29) is 29.9 Å². The fourth-order valence-electron chi connectivity index (χ4n) is 2.90. The minimum atomic E-state index is -0.515. The number of amides is 2. The normalized spacial score (nSPS) is 38.3. The molecule has 4 atom stereocenters. The summed E-state index contributed by atoms with van der Waals surface area (Å²) in [4.78, 5) is 25.8. The molecule has 0 saturated carbocycles. The highest BCUT2D eigenvalue weighted by molar-refractivity contribution is 14.1. The lowest BCUT2D eigenvalue weighted by Gasteiger charge is -2.51. The van der Waals surface area contributed by atoms with Crippen LogP contribution in [0.4, 0.5) is 4.79 Å². The molecular formula is C13H20INO4. The van der Waals surface area contributed by atoms with Gasteiger partial charge in [0.15, 0.2) is 0 Å². The Labute approximate surface area is 127 Å². The minimum absolute atomic E-state index is 0.145. The highest BCUT2D eigenvalue weighted by atomic mass is 127. The monoisotopic (exact) mass is 381 g/mol. The fraction of sp³-hybridized carbons (Fsp3) is 0.846. The Balaban J connectivity index is 2.21. The molecular weight excluding hydrogens is 361 g/mol. The van der Waals surface area contributed by atoms with Crippen LogP contribution in [0.25, 0.3) is 0 Å². The molecule has 108 valence electrons. The zero-order valence-corrected chi connectivity index (χ0v) is 13.8. The van der Waals surface area contributed by atoms with E-state index in [1.807, 2.05) is 27.7 Å². The van der Waals surface area contributed by atoms with Crippen LogP contribution in [0.15, 0.2) is 0 Å². The second-order valence-corrected chi connectivity index (χ2v) is 6.61. The van der Waals surface area contributed by atoms with Crippen molar-refractivity contribution in [1.29, 1.82) is 0 Å². The van der Waals surface area contributed by atoms with Crippen LogP contribution in [0.3, 0.4) is 0 Å². The van der Waals surface area contributed by atoms with Crippen LogP contribution in [0.5, 0.6) is 0 Å². The Morgan fingerprint density at radius 1 is 1.58 bits per heavy atom. The predicted octanol–water partition coefficient (Wildman–Crippen LogP) is 2.22. The summed E-state index contributed by atoms with van der Waals surface area (Å²) in [6, 6.07) is -0.161. The quantitative estimate of drug-likeness (QED) is 0.556. The van der Waals surface area contributed by atoms with Crippen molar-refractivity contribution in [2.75, 3.05) is 11.0 Å². The Morgan fingerprint density at radius 3 is 2.68 bits per heavy atom. The van der Waals surface area contributed by atoms with E-state index in [0.29, 0.717) is 6.61 Å². The SMILES string of the molecule is CC(C)[C@H]1COC(=O)N1C(=O)[C@@H]1[C@@H](C)O[C@@]1(C)CI. The summed E-state index contributed by atoms with van der Waals surface area (Å²) in [5.74, 6) is -0.229. The molecule has 2 saturated heterocycles. The van der Waals surface area contributed by atoms with Crippen LogP contribution >= 0.6 is 22.6 Å². The third-order valence-electron chi connectivity index (χ3n) is 4.03. The first-order chi connectivity index (χ1) is 8.81. The number of alkyl halides is 1. The molecule has 0 N–H and O–H groups in total. The molecule has 0 unspecified atom stereocenters. The molecule has 0 aromatic rings. The van der Waals surface area contributed by atoms with Gasteiger partial charge in [-0.05, 0) is 19.8 Å². The van der Waals surface area contributed by atoms with Crippen molar-refractivity contribution >= 4 is 34.6 Å². The van der Waals surface area contributed by atoms with Gasteiger partial charge in [0, 0.05) is 4.43 Å². The molecule has 0 spiro atoms. The molecule has 2 rings (SSSR count). The zero-order chi connectivity index (χ0) is 14.4. The molecule has 2 aliphatic heterocycles. The molecule has 2 fully saturated rings. The number of imide groups is 1. The fourth-order valence-corrected chi connectivity index (χ4v) is 3.55. The van der Waals surface area contributed by atoms with E-state index in [4.69, 9.17) is 9.47 Å². The largest absolute Gasteiger partial charge is 0.447 e. The van der Waals surface area contributed by atoms with Gasteiger partial charge < -0.3 is 9.47 Å². The molecule has 6 heteroatoms. The maximum Gasteiger partial charge on any atom is 0.416 e. The first-order valence-corrected chi connectivity index (χ1v) is 8.08. The van der Waals surface area contributed by atoms with Gasteiger partial charge >= 0.3 is 6.09 Å². The summed E-state index contributed by atoms with van der Waals surface area (Å²) in [7, 11) is 0. The van der Waals surface area contributed by atoms with E-state index in [2.05, 4.69) is 22.6 Å². The van der Waals surface area contributed by atoms with Gasteiger partial charge in [0.25, 0.3) is 0 Å². The summed E-state index contributed by atoms with van der Waals surface area (Å²) in [5.41, 5.74) is -0.471. The Morgan fingerprint density at radius 2 is 2.21 bits per heavy atom. The summed E-state index contributed by atoms with van der Waals surface area (Å²) in [5, 5.41) is 0. The van der Waals surface area contributed by atoms with Gasteiger partial charge in [0.05, 0.1) is 23.7 Å². The number of carbonyl (C=O) groups is 2. The van der Waals surface area contributed by atoms with Gasteiger partial charge in [-0.25, -0.2) is 9.69 Å². The molecule has 0 aromatic heterocycles. The highest BCUT2D eigenvalue weighted by Gasteiger charge is 2.57. The first kappa shape index (κ1) is 15.0. The number of carbonyl (C=O) groups excluding carboxylic acids is 2. The van der Waals surface area contributed by atoms with Crippen molar-refractivity contribution in [2.24, 2.45) is 11.8 Å². The van der Waals surface area contributed by atoms with Crippen molar-refractivity contribution < 1.29 is 19.1 Å². The molecule has 0 aromatic carbocycles. The molecule has 2 heterocycles. The second-order valence-electron chi connectivity index (χ2n) is 5.84. The zero-order valence-electron chi connectivity index (χ0n) is 11.7. The Kier molecular flexibility index (Phi) is 4.11. The van der Waals surface area contributed by atoms with E-state index < -0.39 is 11.7 Å². The standard InChI is InChI=1S/C13H20INO4/c1-7(2)9-5-18-12(17)15(9)11(16)10-8(3)19-13(10,4)6-14/h7-10H,5-6H2,1-4H3/t8-,9-,10+,13+/m1/s1. The maximum absolute atomic E-state index is 12.7. The number of nitrogens with zero attached hydrogens (tertiary/aromatic N) is 1. The topological polar surface area (TPSA) is 55.8 Å². The Hall–Kier alpha value is -0.370. The predicted molar refractivity (Wildman–Crippen MR) is 78.1 cm³/mol. The average molecular weight is 381 g/mol. The number of cyclic esters (lactones) is 1. The molecule has 5 nitrogen and oxygen atoms in total. The lowest BCUT2D eigenvalue weighted by Crippen LogP contribution is -2.65. The van der Waals surface area contributed by atoms with Gasteiger partial charge in [-0.3, -0.25) is 4.79 Å². The first-order valence-electron chi connectivity index (χ1n) is 6.55. The van der Waals surface area contributed by atoms with E-state index >= 15 is 0 Å². The summed E-state index contributed by atoms with van der Waals surface area (Å²) >= 11 is 2.22. The van der Waals surface area contributed by atoms with Crippen LogP contribution in [0.1, 0.15) is 27.7 Å². The van der Waals surface area contributed by atoms with E-state index in [1.165, 1.54) is 4.90 Å². The highest BCUT2D eigenvalue weighted by Crippen LogP contribution is 2.42. The number of rotatable bonds is 3. The van der Waals surface area contributed by atoms with Gasteiger partial charge in [0.2, 0.25) is 5.91 Å². The maximum atomic E-state index is 12.7. The third-order valence-corrected chi connectivity index (χ3v) is 5.54. The van der Waals surface area contributed by atoms with Gasteiger partial charge in [-0.2, -0.15) is 0 Å². The van der Waals surface area contributed by atoms with Crippen molar-refractivity contribution in [1.82, 2.24) is 4.90 Å². The number of ether oxygens (including phenoxy) is 2. The van der Waals surface area contributed by atoms with Crippen LogP contribution in [0.2, 0.25) is 0 Å². The lowest BCUT2D eigenvalue weighted by atomic mass is 9.78. The van der Waals surface area contributed by atoms with E-state index in [9.17, 15) is 9.59 Å². The van der Waals surface area contributed by atoms with Gasteiger partial charge in [-0.15, -0.1) is 0 Å². The summed E-state index contributed by atoms with van der Waals surface area (Å²) in [6.07, 6.45) is -0.660. The number of hydrogen-bond acceptors (Lipinski definition) is 4. The van der Waals surface area contributed by atoms with Gasteiger partial charge in [-0.1, -0.05) is 36.4 Å². The molecule has 2 amide bonds. The molecule has 0 bridgehead atoms.